The Kier molecular flexibility index (Phi) is 4.74. The first-order valence-corrected chi connectivity index (χ1v) is 6.46. The molecule has 1 saturated heterocycles. The highest BCUT2D eigenvalue weighted by molar-refractivity contribution is 5.76. The smallest absolute Gasteiger partial charge is 0.226 e. The van der Waals surface area contributed by atoms with E-state index in [-0.39, 0.29) is 30.9 Å². The molecule has 0 spiro atoms. The molecule has 1 heterocycles. The van der Waals surface area contributed by atoms with Crippen LogP contribution in [0.3, 0.4) is 0 Å². The molecular formula is C14H18FNO3. The lowest BCUT2D eigenvalue weighted by molar-refractivity contribution is -0.130. The molecule has 1 aliphatic rings. The summed E-state index contributed by atoms with van der Waals surface area (Å²) in [6.45, 7) is 1.76. The highest BCUT2D eigenvalue weighted by Gasteiger charge is 2.25. The van der Waals surface area contributed by atoms with E-state index in [1.165, 1.54) is 24.3 Å². The van der Waals surface area contributed by atoms with Crippen LogP contribution in [0.1, 0.15) is 12.8 Å². The van der Waals surface area contributed by atoms with Crippen molar-refractivity contribution in [3.63, 3.8) is 0 Å². The second-order valence-corrected chi connectivity index (χ2v) is 4.73. The summed E-state index contributed by atoms with van der Waals surface area (Å²) in [5.41, 5.74) is 0. The van der Waals surface area contributed by atoms with Crippen molar-refractivity contribution in [2.24, 2.45) is 5.92 Å². The molecule has 1 N–H and O–H groups in total. The number of likely N-dealkylation sites (tertiary alicyclic amines) is 1. The van der Waals surface area contributed by atoms with Crippen LogP contribution >= 0.6 is 0 Å². The van der Waals surface area contributed by atoms with Gasteiger partial charge in [0.1, 0.15) is 11.6 Å². The minimum Gasteiger partial charge on any atom is -0.493 e. The number of aliphatic hydroxyl groups excluding tert-OH is 1. The van der Waals surface area contributed by atoms with E-state index in [0.717, 1.165) is 6.42 Å². The quantitative estimate of drug-likeness (QED) is 0.878. The molecule has 1 aromatic rings. The molecule has 0 aromatic heterocycles. The van der Waals surface area contributed by atoms with Gasteiger partial charge in [-0.1, -0.05) is 0 Å². The maximum atomic E-state index is 12.7. The Morgan fingerprint density at radius 2 is 2.16 bits per heavy atom. The van der Waals surface area contributed by atoms with E-state index in [1.807, 2.05) is 0 Å². The molecule has 0 bridgehead atoms. The van der Waals surface area contributed by atoms with Crippen molar-refractivity contribution < 1.29 is 19.0 Å². The van der Waals surface area contributed by atoms with Gasteiger partial charge in [0.15, 0.2) is 0 Å². The molecule has 0 radical (unpaired) electrons. The highest BCUT2D eigenvalue weighted by atomic mass is 19.1. The summed E-state index contributed by atoms with van der Waals surface area (Å²) in [5, 5.41) is 9.02. The summed E-state index contributed by atoms with van der Waals surface area (Å²) in [6, 6.07) is 5.72. The third kappa shape index (κ3) is 3.92. The van der Waals surface area contributed by atoms with Crippen molar-refractivity contribution in [2.75, 3.05) is 26.3 Å². The first kappa shape index (κ1) is 13.8. The van der Waals surface area contributed by atoms with Gasteiger partial charge in [0, 0.05) is 25.6 Å². The SMILES string of the molecule is O=C(CCOc1ccc(F)cc1)N1CCC(CO)C1. The van der Waals surface area contributed by atoms with Crippen LogP contribution in [0.4, 0.5) is 4.39 Å². The number of aliphatic hydroxyl groups is 1. The topological polar surface area (TPSA) is 49.8 Å². The van der Waals surface area contributed by atoms with Crippen molar-refractivity contribution in [2.45, 2.75) is 12.8 Å². The Balaban J connectivity index is 1.71. The summed E-state index contributed by atoms with van der Waals surface area (Å²) < 4.78 is 18.1. The third-order valence-corrected chi connectivity index (χ3v) is 3.30. The van der Waals surface area contributed by atoms with Gasteiger partial charge in [0.05, 0.1) is 13.0 Å². The molecule has 0 aliphatic carbocycles. The van der Waals surface area contributed by atoms with Crippen LogP contribution in [0.2, 0.25) is 0 Å². The predicted molar refractivity (Wildman–Crippen MR) is 68.3 cm³/mol. The molecule has 1 atom stereocenters. The number of hydrogen-bond donors (Lipinski definition) is 1. The Bertz CT molecular complexity index is 421. The Morgan fingerprint density at radius 1 is 1.42 bits per heavy atom. The number of carbonyl (C=O) groups excluding carboxylic acids is 1. The minimum atomic E-state index is -0.310. The number of hydrogen-bond acceptors (Lipinski definition) is 3. The number of ether oxygens (including phenoxy) is 1. The molecular weight excluding hydrogens is 249 g/mol. The zero-order valence-corrected chi connectivity index (χ0v) is 10.7. The van der Waals surface area contributed by atoms with Crippen LogP contribution in [0, 0.1) is 11.7 Å². The van der Waals surface area contributed by atoms with E-state index in [4.69, 9.17) is 9.84 Å². The largest absolute Gasteiger partial charge is 0.493 e. The van der Waals surface area contributed by atoms with Crippen molar-refractivity contribution in [1.29, 1.82) is 0 Å². The fourth-order valence-corrected chi connectivity index (χ4v) is 2.15. The number of carbonyl (C=O) groups is 1. The van der Waals surface area contributed by atoms with E-state index in [2.05, 4.69) is 0 Å². The molecule has 1 amide bonds. The summed E-state index contributed by atoms with van der Waals surface area (Å²) in [4.78, 5) is 13.6. The Morgan fingerprint density at radius 3 is 2.79 bits per heavy atom. The average molecular weight is 267 g/mol. The van der Waals surface area contributed by atoms with Crippen LogP contribution in [0.15, 0.2) is 24.3 Å². The Hall–Kier alpha value is -1.62. The van der Waals surface area contributed by atoms with E-state index >= 15 is 0 Å². The lowest BCUT2D eigenvalue weighted by Crippen LogP contribution is -2.30. The molecule has 2 rings (SSSR count). The number of nitrogens with zero attached hydrogens (tertiary/aromatic N) is 1. The zero-order valence-electron chi connectivity index (χ0n) is 10.7. The lowest BCUT2D eigenvalue weighted by atomic mass is 10.1. The Labute approximate surface area is 111 Å². The maximum Gasteiger partial charge on any atom is 0.226 e. The second kappa shape index (κ2) is 6.52. The maximum absolute atomic E-state index is 12.7. The third-order valence-electron chi connectivity index (χ3n) is 3.30. The van der Waals surface area contributed by atoms with Crippen LogP contribution < -0.4 is 4.74 Å². The van der Waals surface area contributed by atoms with E-state index < -0.39 is 0 Å². The molecule has 0 saturated carbocycles. The summed E-state index contributed by atoms with van der Waals surface area (Å²) in [7, 11) is 0. The van der Waals surface area contributed by atoms with Gasteiger partial charge >= 0.3 is 0 Å². The lowest BCUT2D eigenvalue weighted by Gasteiger charge is -2.16. The van der Waals surface area contributed by atoms with E-state index in [1.54, 1.807) is 4.90 Å². The molecule has 5 heteroatoms. The van der Waals surface area contributed by atoms with Gasteiger partial charge in [-0.15, -0.1) is 0 Å². The van der Waals surface area contributed by atoms with Crippen LogP contribution in [0.5, 0.6) is 5.75 Å². The summed E-state index contributed by atoms with van der Waals surface area (Å²) in [5.74, 6) is 0.499. The van der Waals surface area contributed by atoms with Gasteiger partial charge in [0.25, 0.3) is 0 Å². The fraction of sp³-hybridized carbons (Fsp3) is 0.500. The van der Waals surface area contributed by atoms with Gasteiger partial charge < -0.3 is 14.7 Å². The number of halogens is 1. The number of amides is 1. The summed E-state index contributed by atoms with van der Waals surface area (Å²) in [6.07, 6.45) is 1.16. The molecule has 1 fully saturated rings. The standard InChI is InChI=1S/C14H18FNO3/c15-12-1-3-13(4-2-12)19-8-6-14(18)16-7-5-11(9-16)10-17/h1-4,11,17H,5-10H2. The normalized spacial score (nSPS) is 18.6. The summed E-state index contributed by atoms with van der Waals surface area (Å²) >= 11 is 0. The first-order valence-electron chi connectivity index (χ1n) is 6.46. The van der Waals surface area contributed by atoms with Crippen molar-refractivity contribution in [1.82, 2.24) is 4.90 Å². The molecule has 19 heavy (non-hydrogen) atoms. The van der Waals surface area contributed by atoms with E-state index in [0.29, 0.717) is 25.3 Å². The van der Waals surface area contributed by atoms with Crippen molar-refractivity contribution >= 4 is 5.91 Å². The second-order valence-electron chi connectivity index (χ2n) is 4.73. The molecule has 1 aliphatic heterocycles. The fourth-order valence-electron chi connectivity index (χ4n) is 2.15. The number of rotatable bonds is 5. The monoisotopic (exact) mass is 267 g/mol. The minimum absolute atomic E-state index is 0.0399. The van der Waals surface area contributed by atoms with E-state index in [9.17, 15) is 9.18 Å². The highest BCUT2D eigenvalue weighted by Crippen LogP contribution is 2.16. The number of benzene rings is 1. The molecule has 4 nitrogen and oxygen atoms in total. The average Bonchev–Trinajstić information content (AvgIpc) is 2.90. The van der Waals surface area contributed by atoms with Crippen LogP contribution in [-0.4, -0.2) is 42.2 Å². The predicted octanol–water partition coefficient (Wildman–Crippen LogP) is 1.44. The van der Waals surface area contributed by atoms with Gasteiger partial charge in [0.2, 0.25) is 5.91 Å². The zero-order chi connectivity index (χ0) is 13.7. The van der Waals surface area contributed by atoms with Crippen molar-refractivity contribution in [3.8, 4) is 5.75 Å². The molecule has 104 valence electrons. The van der Waals surface area contributed by atoms with Gasteiger partial charge in [-0.3, -0.25) is 4.79 Å². The molecule has 1 unspecified atom stereocenters. The van der Waals surface area contributed by atoms with Crippen molar-refractivity contribution in [3.05, 3.63) is 30.1 Å². The van der Waals surface area contributed by atoms with Gasteiger partial charge in [-0.05, 0) is 30.7 Å². The van der Waals surface area contributed by atoms with Crippen LogP contribution in [-0.2, 0) is 4.79 Å². The van der Waals surface area contributed by atoms with Gasteiger partial charge in [-0.25, -0.2) is 4.39 Å². The van der Waals surface area contributed by atoms with Gasteiger partial charge in [-0.2, -0.15) is 0 Å². The van der Waals surface area contributed by atoms with Crippen LogP contribution in [0.25, 0.3) is 0 Å². The molecule has 1 aromatic carbocycles. The first-order chi connectivity index (χ1) is 9.19.